The van der Waals surface area contributed by atoms with Crippen LogP contribution >= 0.6 is 11.6 Å². The van der Waals surface area contributed by atoms with E-state index in [0.717, 1.165) is 5.52 Å². The molecule has 0 fully saturated rings. The lowest BCUT2D eigenvalue weighted by Gasteiger charge is -2.18. The first-order valence-corrected chi connectivity index (χ1v) is 8.92. The Morgan fingerprint density at radius 1 is 1.13 bits per heavy atom. The van der Waals surface area contributed by atoms with Gasteiger partial charge in [-0.25, -0.2) is 4.98 Å². The summed E-state index contributed by atoms with van der Waals surface area (Å²) >= 11 is 6.21. The standard InChI is InChI=1S/C12H14ClNSi/c1-15(2,3)11-8-9-6-4-5-7-10(9)14-12(11)13/h4-8H,1-3H3. The fourth-order valence-electron chi connectivity index (χ4n) is 1.62. The van der Waals surface area contributed by atoms with E-state index in [1.807, 2.05) is 18.2 Å². The summed E-state index contributed by atoms with van der Waals surface area (Å²) in [7, 11) is -1.39. The minimum Gasteiger partial charge on any atom is -0.236 e. The van der Waals surface area contributed by atoms with Crippen molar-refractivity contribution in [1.82, 2.24) is 4.98 Å². The monoisotopic (exact) mass is 235 g/mol. The summed E-state index contributed by atoms with van der Waals surface area (Å²) in [5, 5.41) is 3.09. The van der Waals surface area contributed by atoms with Gasteiger partial charge in [-0.2, -0.15) is 0 Å². The molecule has 0 radical (unpaired) electrons. The van der Waals surface area contributed by atoms with E-state index in [0.29, 0.717) is 5.15 Å². The summed E-state index contributed by atoms with van der Waals surface area (Å²) in [6.45, 7) is 6.85. The second-order valence-corrected chi connectivity index (χ2v) is 10.2. The molecule has 0 atom stereocenters. The van der Waals surface area contributed by atoms with Crippen molar-refractivity contribution in [3.8, 4) is 0 Å². The molecule has 0 aliphatic carbocycles. The Kier molecular flexibility index (Phi) is 2.57. The molecule has 0 amide bonds. The van der Waals surface area contributed by atoms with Crippen molar-refractivity contribution in [1.29, 1.82) is 0 Å². The van der Waals surface area contributed by atoms with Crippen LogP contribution in [0, 0.1) is 0 Å². The molecule has 15 heavy (non-hydrogen) atoms. The van der Waals surface area contributed by atoms with Crippen LogP contribution in [0.2, 0.25) is 24.8 Å². The highest BCUT2D eigenvalue weighted by Crippen LogP contribution is 2.17. The molecule has 78 valence electrons. The zero-order chi connectivity index (χ0) is 11.1. The number of hydrogen-bond donors (Lipinski definition) is 0. The largest absolute Gasteiger partial charge is 0.236 e. The molecule has 1 heterocycles. The van der Waals surface area contributed by atoms with Crippen LogP contribution < -0.4 is 5.19 Å². The second-order valence-electron chi connectivity index (χ2n) is 4.77. The lowest BCUT2D eigenvalue weighted by atomic mass is 10.2. The normalized spacial score (nSPS) is 12.0. The topological polar surface area (TPSA) is 12.9 Å². The third-order valence-corrected chi connectivity index (χ3v) is 4.93. The minimum absolute atomic E-state index is 0.674. The zero-order valence-electron chi connectivity index (χ0n) is 9.21. The molecular formula is C12H14ClNSi. The first-order valence-electron chi connectivity index (χ1n) is 5.04. The zero-order valence-corrected chi connectivity index (χ0v) is 11.0. The van der Waals surface area contributed by atoms with Gasteiger partial charge in [0.1, 0.15) is 5.15 Å². The molecule has 0 spiro atoms. The number of para-hydroxylation sites is 1. The molecule has 2 rings (SSSR count). The number of fused-ring (bicyclic) bond motifs is 1. The molecule has 1 aromatic carbocycles. The van der Waals surface area contributed by atoms with Crippen molar-refractivity contribution < 1.29 is 0 Å². The second kappa shape index (κ2) is 3.61. The maximum atomic E-state index is 6.21. The first-order chi connectivity index (χ1) is 6.98. The third-order valence-electron chi connectivity index (χ3n) is 2.49. The number of aromatic nitrogens is 1. The van der Waals surface area contributed by atoms with E-state index < -0.39 is 8.07 Å². The van der Waals surface area contributed by atoms with Crippen molar-refractivity contribution in [2.24, 2.45) is 0 Å². The number of pyridine rings is 1. The van der Waals surface area contributed by atoms with E-state index in [1.165, 1.54) is 10.6 Å². The molecule has 2 aromatic rings. The maximum Gasteiger partial charge on any atom is 0.129 e. The van der Waals surface area contributed by atoms with Crippen LogP contribution in [-0.2, 0) is 0 Å². The Hall–Kier alpha value is -0.863. The smallest absolute Gasteiger partial charge is 0.129 e. The highest BCUT2D eigenvalue weighted by atomic mass is 35.5. The molecule has 0 unspecified atom stereocenters. The van der Waals surface area contributed by atoms with Crippen LogP contribution in [0.4, 0.5) is 0 Å². The van der Waals surface area contributed by atoms with Gasteiger partial charge in [-0.05, 0) is 11.3 Å². The van der Waals surface area contributed by atoms with Gasteiger partial charge in [-0.1, -0.05) is 55.5 Å². The molecule has 0 aliphatic rings. The lowest BCUT2D eigenvalue weighted by Crippen LogP contribution is -2.38. The molecule has 1 nitrogen and oxygen atoms in total. The van der Waals surface area contributed by atoms with Crippen LogP contribution in [0.1, 0.15) is 0 Å². The van der Waals surface area contributed by atoms with E-state index in [4.69, 9.17) is 11.6 Å². The lowest BCUT2D eigenvalue weighted by molar-refractivity contribution is 1.42. The van der Waals surface area contributed by atoms with Crippen molar-refractivity contribution in [3.05, 3.63) is 35.5 Å². The third kappa shape index (κ3) is 2.06. The van der Waals surface area contributed by atoms with Crippen LogP contribution in [0.25, 0.3) is 10.9 Å². The van der Waals surface area contributed by atoms with Gasteiger partial charge < -0.3 is 0 Å². The van der Waals surface area contributed by atoms with Crippen molar-refractivity contribution >= 4 is 35.8 Å². The maximum absolute atomic E-state index is 6.21. The van der Waals surface area contributed by atoms with E-state index in [9.17, 15) is 0 Å². The fourth-order valence-corrected chi connectivity index (χ4v) is 3.88. The number of halogens is 1. The predicted molar refractivity (Wildman–Crippen MR) is 69.7 cm³/mol. The molecule has 0 bridgehead atoms. The number of hydrogen-bond acceptors (Lipinski definition) is 1. The Morgan fingerprint density at radius 2 is 1.80 bits per heavy atom. The molecular weight excluding hydrogens is 222 g/mol. The van der Waals surface area contributed by atoms with E-state index in [2.05, 4.69) is 36.8 Å². The van der Waals surface area contributed by atoms with Gasteiger partial charge in [0.05, 0.1) is 13.6 Å². The Balaban J connectivity index is 2.73. The van der Waals surface area contributed by atoms with Crippen LogP contribution in [0.15, 0.2) is 30.3 Å². The highest BCUT2D eigenvalue weighted by Gasteiger charge is 2.20. The number of rotatable bonds is 1. The molecule has 3 heteroatoms. The van der Waals surface area contributed by atoms with Gasteiger partial charge in [-0.3, -0.25) is 0 Å². The Morgan fingerprint density at radius 3 is 2.47 bits per heavy atom. The van der Waals surface area contributed by atoms with Gasteiger partial charge in [-0.15, -0.1) is 0 Å². The Bertz CT molecular complexity index is 502. The number of nitrogens with zero attached hydrogens (tertiary/aromatic N) is 1. The van der Waals surface area contributed by atoms with Gasteiger partial charge in [0, 0.05) is 5.39 Å². The van der Waals surface area contributed by atoms with Crippen molar-refractivity contribution in [2.75, 3.05) is 0 Å². The summed E-state index contributed by atoms with van der Waals surface area (Å²) in [4.78, 5) is 4.44. The first kappa shape index (κ1) is 10.6. The van der Waals surface area contributed by atoms with Crippen LogP contribution in [0.5, 0.6) is 0 Å². The van der Waals surface area contributed by atoms with E-state index in [-0.39, 0.29) is 0 Å². The molecule has 0 saturated carbocycles. The van der Waals surface area contributed by atoms with Gasteiger partial charge in [0.25, 0.3) is 0 Å². The predicted octanol–water partition coefficient (Wildman–Crippen LogP) is 3.43. The van der Waals surface area contributed by atoms with E-state index >= 15 is 0 Å². The molecule has 1 aromatic heterocycles. The molecule has 0 aliphatic heterocycles. The fraction of sp³-hybridized carbons (Fsp3) is 0.250. The van der Waals surface area contributed by atoms with Gasteiger partial charge in [0.15, 0.2) is 0 Å². The molecule has 0 saturated heterocycles. The summed E-state index contributed by atoms with van der Waals surface area (Å²) in [5.41, 5.74) is 0.976. The Labute approximate surface area is 96.1 Å². The number of benzene rings is 1. The van der Waals surface area contributed by atoms with Gasteiger partial charge in [0.2, 0.25) is 0 Å². The van der Waals surface area contributed by atoms with Gasteiger partial charge >= 0.3 is 0 Å². The van der Waals surface area contributed by atoms with E-state index in [1.54, 1.807) is 0 Å². The average molecular weight is 236 g/mol. The van der Waals surface area contributed by atoms with Crippen LogP contribution in [-0.4, -0.2) is 13.1 Å². The highest BCUT2D eigenvalue weighted by molar-refractivity contribution is 6.90. The van der Waals surface area contributed by atoms with Crippen LogP contribution in [0.3, 0.4) is 0 Å². The van der Waals surface area contributed by atoms with Crippen molar-refractivity contribution in [2.45, 2.75) is 19.6 Å². The summed E-state index contributed by atoms with van der Waals surface area (Å²) < 4.78 is 0. The quantitative estimate of drug-likeness (QED) is 0.545. The van der Waals surface area contributed by atoms with Crippen molar-refractivity contribution in [3.63, 3.8) is 0 Å². The summed E-state index contributed by atoms with van der Waals surface area (Å²) in [6.07, 6.45) is 0. The summed E-state index contributed by atoms with van der Waals surface area (Å²) in [5.74, 6) is 0. The average Bonchev–Trinajstić information content (AvgIpc) is 2.15. The molecule has 0 N–H and O–H groups in total. The minimum atomic E-state index is -1.39. The summed E-state index contributed by atoms with van der Waals surface area (Å²) in [6, 6.07) is 10.3. The SMILES string of the molecule is C[Si](C)(C)c1cc2ccccc2nc1Cl.